The first-order valence-electron chi connectivity index (χ1n) is 9.09. The van der Waals surface area contributed by atoms with E-state index in [9.17, 15) is 4.79 Å². The van der Waals surface area contributed by atoms with E-state index in [0.717, 1.165) is 62.4 Å². The third kappa shape index (κ3) is 3.30. The van der Waals surface area contributed by atoms with Crippen LogP contribution in [0.2, 0.25) is 0 Å². The molecule has 5 nitrogen and oxygen atoms in total. The van der Waals surface area contributed by atoms with Gasteiger partial charge in [0.1, 0.15) is 5.76 Å². The third-order valence-corrected chi connectivity index (χ3v) is 6.11. The normalized spacial score (nSPS) is 31.0. The number of carbonyl (C=O) groups is 1. The molecule has 3 aliphatic rings. The molecule has 0 N–H and O–H groups in total. The second kappa shape index (κ2) is 6.27. The number of nitrogens with zero attached hydrogens (tertiary/aromatic N) is 3. The number of carbonyl (C=O) groups excluding carboxylic acids is 1. The van der Waals surface area contributed by atoms with Gasteiger partial charge in [-0.1, -0.05) is 11.6 Å². The lowest BCUT2D eigenvalue weighted by molar-refractivity contribution is -0.134. The van der Waals surface area contributed by atoms with Crippen molar-refractivity contribution in [2.75, 3.05) is 26.2 Å². The fraction of sp³-hybridized carbons (Fsp3) is 0.778. The smallest absolute Gasteiger partial charge is 0.222 e. The van der Waals surface area contributed by atoms with Crippen molar-refractivity contribution in [2.24, 2.45) is 17.8 Å². The molecule has 4 rings (SSSR count). The SMILES string of the molecule is Cc1cc(CN2CCN(C(=O)C[C@H]3C[C@H]4CC[C@H]3C4)CC2)no1. The summed E-state index contributed by atoms with van der Waals surface area (Å²) in [6.45, 7) is 6.34. The molecule has 0 aromatic carbocycles. The van der Waals surface area contributed by atoms with Gasteiger partial charge in [-0.2, -0.15) is 0 Å². The Labute approximate surface area is 138 Å². The highest BCUT2D eigenvalue weighted by Gasteiger charge is 2.40. The number of rotatable bonds is 4. The van der Waals surface area contributed by atoms with Gasteiger partial charge in [-0.3, -0.25) is 9.69 Å². The molecule has 2 heterocycles. The van der Waals surface area contributed by atoms with Gasteiger partial charge >= 0.3 is 0 Å². The fourth-order valence-electron chi connectivity index (χ4n) is 4.86. The lowest BCUT2D eigenvalue weighted by Gasteiger charge is -2.35. The van der Waals surface area contributed by atoms with E-state index in [2.05, 4.69) is 15.0 Å². The van der Waals surface area contributed by atoms with Gasteiger partial charge in [0.2, 0.25) is 5.91 Å². The van der Waals surface area contributed by atoms with Crippen molar-refractivity contribution < 1.29 is 9.32 Å². The van der Waals surface area contributed by atoms with E-state index in [1.807, 2.05) is 13.0 Å². The van der Waals surface area contributed by atoms with Crippen LogP contribution >= 0.6 is 0 Å². The first-order valence-corrected chi connectivity index (χ1v) is 9.09. The Balaban J connectivity index is 1.23. The summed E-state index contributed by atoms with van der Waals surface area (Å²) in [4.78, 5) is 17.0. The molecule has 126 valence electrons. The van der Waals surface area contributed by atoms with Crippen LogP contribution in [0.4, 0.5) is 0 Å². The average Bonchev–Trinajstić information content (AvgIpc) is 3.25. The van der Waals surface area contributed by atoms with Crippen LogP contribution in [0.5, 0.6) is 0 Å². The molecule has 1 aromatic heterocycles. The van der Waals surface area contributed by atoms with Gasteiger partial charge in [-0.25, -0.2) is 0 Å². The van der Waals surface area contributed by atoms with Gasteiger partial charge in [-0.15, -0.1) is 0 Å². The molecule has 1 amide bonds. The second-order valence-electron chi connectivity index (χ2n) is 7.72. The van der Waals surface area contributed by atoms with Crippen molar-refractivity contribution >= 4 is 5.91 Å². The van der Waals surface area contributed by atoms with Crippen LogP contribution in [0.15, 0.2) is 10.6 Å². The first kappa shape index (κ1) is 15.2. The van der Waals surface area contributed by atoms with E-state index in [0.29, 0.717) is 11.8 Å². The van der Waals surface area contributed by atoms with Crippen LogP contribution in [0, 0.1) is 24.7 Å². The van der Waals surface area contributed by atoms with Crippen molar-refractivity contribution in [3.63, 3.8) is 0 Å². The van der Waals surface area contributed by atoms with Crippen molar-refractivity contribution in [1.82, 2.24) is 15.0 Å². The summed E-state index contributed by atoms with van der Waals surface area (Å²) in [7, 11) is 0. The van der Waals surface area contributed by atoms with Crippen molar-refractivity contribution in [1.29, 1.82) is 0 Å². The predicted molar refractivity (Wildman–Crippen MR) is 86.7 cm³/mol. The summed E-state index contributed by atoms with van der Waals surface area (Å²) >= 11 is 0. The van der Waals surface area contributed by atoms with Gasteiger partial charge in [-0.05, 0) is 43.9 Å². The number of amides is 1. The van der Waals surface area contributed by atoms with Crippen LogP contribution in [0.1, 0.15) is 43.6 Å². The van der Waals surface area contributed by atoms with Gasteiger partial charge < -0.3 is 9.42 Å². The van der Waals surface area contributed by atoms with E-state index < -0.39 is 0 Å². The molecule has 5 heteroatoms. The Morgan fingerprint density at radius 1 is 1.26 bits per heavy atom. The molecular formula is C18H27N3O2. The van der Waals surface area contributed by atoms with Crippen LogP contribution < -0.4 is 0 Å². The quantitative estimate of drug-likeness (QED) is 0.856. The average molecular weight is 317 g/mol. The molecule has 3 fully saturated rings. The summed E-state index contributed by atoms with van der Waals surface area (Å²) < 4.78 is 5.12. The third-order valence-electron chi connectivity index (χ3n) is 6.11. The standard InChI is InChI=1S/C18H27N3O2/c1-13-8-17(19-23-13)12-20-4-6-21(7-5-20)18(22)11-16-10-14-2-3-15(16)9-14/h8,14-16H,2-7,9-12H2,1H3/t14-,15-,16+/m0/s1. The zero-order valence-electron chi connectivity index (χ0n) is 14.0. The van der Waals surface area contributed by atoms with Crippen LogP contribution in [-0.4, -0.2) is 47.0 Å². The molecule has 1 aliphatic heterocycles. The molecule has 2 saturated carbocycles. The maximum absolute atomic E-state index is 12.6. The van der Waals surface area contributed by atoms with Crippen molar-refractivity contribution in [2.45, 2.75) is 45.6 Å². The van der Waals surface area contributed by atoms with Gasteiger partial charge in [0.25, 0.3) is 0 Å². The molecule has 0 unspecified atom stereocenters. The highest BCUT2D eigenvalue weighted by atomic mass is 16.5. The van der Waals surface area contributed by atoms with Crippen LogP contribution in [-0.2, 0) is 11.3 Å². The topological polar surface area (TPSA) is 49.6 Å². The highest BCUT2D eigenvalue weighted by Crippen LogP contribution is 2.49. The fourth-order valence-corrected chi connectivity index (χ4v) is 4.86. The first-order chi connectivity index (χ1) is 11.2. The van der Waals surface area contributed by atoms with E-state index in [1.54, 1.807) is 0 Å². The zero-order chi connectivity index (χ0) is 15.8. The van der Waals surface area contributed by atoms with E-state index in [-0.39, 0.29) is 0 Å². The van der Waals surface area contributed by atoms with Crippen LogP contribution in [0.25, 0.3) is 0 Å². The zero-order valence-corrected chi connectivity index (χ0v) is 14.0. The highest BCUT2D eigenvalue weighted by molar-refractivity contribution is 5.76. The number of aryl methyl sites for hydroxylation is 1. The lowest BCUT2D eigenvalue weighted by Crippen LogP contribution is -2.48. The van der Waals surface area contributed by atoms with E-state index in [1.165, 1.54) is 25.7 Å². The molecule has 2 aliphatic carbocycles. The molecule has 23 heavy (non-hydrogen) atoms. The number of hydrogen-bond acceptors (Lipinski definition) is 4. The van der Waals surface area contributed by atoms with E-state index >= 15 is 0 Å². The number of aromatic nitrogens is 1. The Kier molecular flexibility index (Phi) is 4.14. The molecule has 0 radical (unpaired) electrons. The molecule has 1 saturated heterocycles. The number of fused-ring (bicyclic) bond motifs is 2. The number of piperazine rings is 1. The monoisotopic (exact) mass is 317 g/mol. The summed E-state index contributed by atoms with van der Waals surface area (Å²) in [5.74, 6) is 3.71. The summed E-state index contributed by atoms with van der Waals surface area (Å²) in [5.41, 5.74) is 0.990. The number of hydrogen-bond donors (Lipinski definition) is 0. The van der Waals surface area contributed by atoms with Gasteiger partial charge in [0, 0.05) is 45.2 Å². The molecule has 2 bridgehead atoms. The Morgan fingerprint density at radius 2 is 2.09 bits per heavy atom. The minimum absolute atomic E-state index is 0.388. The second-order valence-corrected chi connectivity index (χ2v) is 7.72. The minimum atomic E-state index is 0.388. The Morgan fingerprint density at radius 3 is 2.70 bits per heavy atom. The summed E-state index contributed by atoms with van der Waals surface area (Å²) in [6, 6.07) is 1.99. The largest absolute Gasteiger partial charge is 0.361 e. The Bertz CT molecular complexity index is 562. The molecule has 1 aromatic rings. The maximum Gasteiger partial charge on any atom is 0.222 e. The van der Waals surface area contributed by atoms with Gasteiger partial charge in [0.05, 0.1) is 5.69 Å². The van der Waals surface area contributed by atoms with Crippen molar-refractivity contribution in [3.05, 3.63) is 17.5 Å². The van der Waals surface area contributed by atoms with E-state index in [4.69, 9.17) is 4.52 Å². The summed E-state index contributed by atoms with van der Waals surface area (Å²) in [5, 5.41) is 4.06. The predicted octanol–water partition coefficient (Wildman–Crippen LogP) is 2.45. The maximum atomic E-state index is 12.6. The van der Waals surface area contributed by atoms with Crippen molar-refractivity contribution in [3.8, 4) is 0 Å². The van der Waals surface area contributed by atoms with Gasteiger partial charge in [0.15, 0.2) is 0 Å². The Hall–Kier alpha value is -1.36. The molecule has 0 spiro atoms. The molecule has 3 atom stereocenters. The lowest BCUT2D eigenvalue weighted by atomic mass is 9.86. The minimum Gasteiger partial charge on any atom is -0.361 e. The molecular weight excluding hydrogens is 290 g/mol. The summed E-state index contributed by atoms with van der Waals surface area (Å²) in [6.07, 6.45) is 6.28. The van der Waals surface area contributed by atoms with Crippen LogP contribution in [0.3, 0.4) is 0 Å².